The Morgan fingerprint density at radius 2 is 2.75 bits per heavy atom. The van der Waals surface area contributed by atoms with Crippen molar-refractivity contribution in [2.45, 2.75) is 13.0 Å². The van der Waals surface area contributed by atoms with Crippen molar-refractivity contribution in [3.8, 4) is 0 Å². The lowest BCUT2D eigenvalue weighted by Gasteiger charge is -2.04. The molecular formula is C8H11NO2S. The predicted octanol–water partition coefficient (Wildman–Crippen LogP) is 1.25. The molecule has 1 aliphatic rings. The van der Waals surface area contributed by atoms with Crippen LogP contribution >= 0.6 is 11.8 Å². The van der Waals surface area contributed by atoms with E-state index in [9.17, 15) is 4.79 Å². The summed E-state index contributed by atoms with van der Waals surface area (Å²) in [4.78, 5) is 15.3. The molecule has 1 rings (SSSR count). The van der Waals surface area contributed by atoms with E-state index in [1.807, 2.05) is 6.92 Å². The largest absolute Gasteiger partial charge is 0.460 e. The Bertz CT molecular complexity index is 225. The van der Waals surface area contributed by atoms with Gasteiger partial charge in [-0.2, -0.15) is 0 Å². The second kappa shape index (κ2) is 4.30. The average Bonchev–Trinajstić information content (AvgIpc) is 2.47. The summed E-state index contributed by atoms with van der Waals surface area (Å²) >= 11 is 1.59. The third-order valence-electron chi connectivity index (χ3n) is 1.40. The number of ether oxygens (including phenoxy) is 1. The fourth-order valence-corrected chi connectivity index (χ4v) is 1.66. The van der Waals surface area contributed by atoms with E-state index in [1.54, 1.807) is 17.8 Å². The Morgan fingerprint density at radius 1 is 2.00 bits per heavy atom. The Morgan fingerprint density at radius 3 is 3.25 bits per heavy atom. The summed E-state index contributed by atoms with van der Waals surface area (Å²) in [6.45, 7) is 5.62. The van der Waals surface area contributed by atoms with Crippen LogP contribution < -0.4 is 0 Å². The topological polar surface area (TPSA) is 38.7 Å². The SMILES string of the molecule is C=CCOC(=O)C1CSC(C)=N1. The summed E-state index contributed by atoms with van der Waals surface area (Å²) in [7, 11) is 0. The summed E-state index contributed by atoms with van der Waals surface area (Å²) in [6, 6.07) is -0.296. The summed E-state index contributed by atoms with van der Waals surface area (Å²) in [6.07, 6.45) is 1.55. The summed E-state index contributed by atoms with van der Waals surface area (Å²) in [5, 5.41) is 0.954. The van der Waals surface area contributed by atoms with Gasteiger partial charge >= 0.3 is 5.97 Å². The highest BCUT2D eigenvalue weighted by molar-refractivity contribution is 8.14. The molecule has 1 heterocycles. The first-order chi connectivity index (χ1) is 5.74. The van der Waals surface area contributed by atoms with Gasteiger partial charge in [0.2, 0.25) is 0 Å². The maximum atomic E-state index is 11.2. The maximum Gasteiger partial charge on any atom is 0.332 e. The van der Waals surface area contributed by atoms with E-state index in [4.69, 9.17) is 4.74 Å². The van der Waals surface area contributed by atoms with Crippen molar-refractivity contribution in [3.05, 3.63) is 12.7 Å². The van der Waals surface area contributed by atoms with Gasteiger partial charge in [0.25, 0.3) is 0 Å². The predicted molar refractivity (Wildman–Crippen MR) is 50.5 cm³/mol. The molecule has 0 spiro atoms. The maximum absolute atomic E-state index is 11.2. The van der Waals surface area contributed by atoms with E-state index in [1.165, 1.54) is 0 Å². The summed E-state index contributed by atoms with van der Waals surface area (Å²) < 4.78 is 4.85. The van der Waals surface area contributed by atoms with Crippen LogP contribution in [0.15, 0.2) is 17.6 Å². The molecule has 0 saturated heterocycles. The summed E-state index contributed by atoms with van der Waals surface area (Å²) in [5.74, 6) is 0.459. The molecule has 0 fully saturated rings. The zero-order chi connectivity index (χ0) is 8.97. The van der Waals surface area contributed by atoms with Gasteiger partial charge in [-0.1, -0.05) is 12.7 Å². The van der Waals surface area contributed by atoms with Crippen LogP contribution in [0, 0.1) is 0 Å². The lowest BCUT2D eigenvalue weighted by Crippen LogP contribution is -2.21. The first-order valence-electron chi connectivity index (χ1n) is 3.68. The van der Waals surface area contributed by atoms with Crippen LogP contribution in [0.25, 0.3) is 0 Å². The standard InChI is InChI=1S/C8H11NO2S/c1-3-4-11-8(10)7-5-12-6(2)9-7/h3,7H,1,4-5H2,2H3. The van der Waals surface area contributed by atoms with E-state index >= 15 is 0 Å². The number of hydrogen-bond acceptors (Lipinski definition) is 4. The highest BCUT2D eigenvalue weighted by Gasteiger charge is 2.23. The van der Waals surface area contributed by atoms with Crippen LogP contribution in [0.3, 0.4) is 0 Å². The van der Waals surface area contributed by atoms with Crippen LogP contribution in [-0.2, 0) is 9.53 Å². The lowest BCUT2D eigenvalue weighted by molar-refractivity contribution is -0.143. The Hall–Kier alpha value is -0.770. The highest BCUT2D eigenvalue weighted by atomic mass is 32.2. The number of thioether (sulfide) groups is 1. The zero-order valence-electron chi connectivity index (χ0n) is 6.95. The third kappa shape index (κ3) is 2.37. The molecule has 0 bridgehead atoms. The molecule has 0 amide bonds. The first kappa shape index (κ1) is 9.32. The van der Waals surface area contributed by atoms with Crippen molar-refractivity contribution >= 4 is 22.8 Å². The van der Waals surface area contributed by atoms with Gasteiger partial charge in [-0.15, -0.1) is 11.8 Å². The normalized spacial score (nSPS) is 21.8. The van der Waals surface area contributed by atoms with E-state index in [0.29, 0.717) is 5.75 Å². The van der Waals surface area contributed by atoms with Gasteiger partial charge in [0.15, 0.2) is 6.04 Å². The van der Waals surface area contributed by atoms with Crippen molar-refractivity contribution < 1.29 is 9.53 Å². The number of hydrogen-bond donors (Lipinski definition) is 0. The molecule has 4 heteroatoms. The Labute approximate surface area is 75.9 Å². The average molecular weight is 185 g/mol. The van der Waals surface area contributed by atoms with Crippen LogP contribution in [0.4, 0.5) is 0 Å². The smallest absolute Gasteiger partial charge is 0.332 e. The van der Waals surface area contributed by atoms with E-state index < -0.39 is 0 Å². The van der Waals surface area contributed by atoms with E-state index in [2.05, 4.69) is 11.6 Å². The third-order valence-corrected chi connectivity index (χ3v) is 2.41. The summed E-state index contributed by atoms with van der Waals surface area (Å²) in [5.41, 5.74) is 0. The number of carbonyl (C=O) groups is 1. The zero-order valence-corrected chi connectivity index (χ0v) is 7.76. The monoisotopic (exact) mass is 185 g/mol. The van der Waals surface area contributed by atoms with Crippen LogP contribution in [0.5, 0.6) is 0 Å². The second-order valence-electron chi connectivity index (χ2n) is 2.39. The molecule has 0 aromatic heterocycles. The van der Waals surface area contributed by atoms with Gasteiger partial charge in [0.1, 0.15) is 6.61 Å². The Balaban J connectivity index is 2.38. The lowest BCUT2D eigenvalue weighted by atomic mass is 10.4. The fraction of sp³-hybridized carbons (Fsp3) is 0.500. The van der Waals surface area contributed by atoms with Crippen molar-refractivity contribution in [2.24, 2.45) is 4.99 Å². The Kier molecular flexibility index (Phi) is 3.34. The van der Waals surface area contributed by atoms with Crippen molar-refractivity contribution in [1.82, 2.24) is 0 Å². The highest BCUT2D eigenvalue weighted by Crippen LogP contribution is 2.18. The van der Waals surface area contributed by atoms with Gasteiger partial charge in [0.05, 0.1) is 5.04 Å². The molecule has 12 heavy (non-hydrogen) atoms. The molecule has 1 unspecified atom stereocenters. The van der Waals surface area contributed by atoms with Crippen LogP contribution in [-0.4, -0.2) is 29.4 Å². The molecule has 0 aromatic rings. The van der Waals surface area contributed by atoms with Gasteiger partial charge in [-0.05, 0) is 6.92 Å². The molecule has 0 radical (unpaired) electrons. The molecule has 0 aromatic carbocycles. The van der Waals surface area contributed by atoms with Gasteiger partial charge in [0, 0.05) is 5.75 Å². The number of aliphatic imine (C=N–C) groups is 1. The minimum absolute atomic E-state index is 0.251. The minimum Gasteiger partial charge on any atom is -0.460 e. The second-order valence-corrected chi connectivity index (χ2v) is 3.61. The molecule has 0 N–H and O–H groups in total. The molecule has 3 nitrogen and oxygen atoms in total. The van der Waals surface area contributed by atoms with E-state index in [0.717, 1.165) is 5.04 Å². The van der Waals surface area contributed by atoms with Gasteiger partial charge < -0.3 is 4.74 Å². The molecule has 66 valence electrons. The van der Waals surface area contributed by atoms with Crippen molar-refractivity contribution in [1.29, 1.82) is 0 Å². The van der Waals surface area contributed by atoms with Gasteiger partial charge in [-0.3, -0.25) is 4.99 Å². The number of esters is 1. The molecule has 0 aliphatic carbocycles. The van der Waals surface area contributed by atoms with Crippen molar-refractivity contribution in [3.63, 3.8) is 0 Å². The molecular weight excluding hydrogens is 174 g/mol. The quantitative estimate of drug-likeness (QED) is 0.490. The molecule has 0 saturated carbocycles. The number of rotatable bonds is 3. The number of carbonyl (C=O) groups excluding carboxylic acids is 1. The molecule has 1 atom stereocenters. The van der Waals surface area contributed by atoms with Crippen molar-refractivity contribution in [2.75, 3.05) is 12.4 Å². The van der Waals surface area contributed by atoms with Crippen LogP contribution in [0.1, 0.15) is 6.92 Å². The molecule has 1 aliphatic heterocycles. The van der Waals surface area contributed by atoms with Crippen LogP contribution in [0.2, 0.25) is 0 Å². The number of nitrogens with zero attached hydrogens (tertiary/aromatic N) is 1. The fourth-order valence-electron chi connectivity index (χ4n) is 0.852. The minimum atomic E-state index is -0.296. The van der Waals surface area contributed by atoms with Gasteiger partial charge in [-0.25, -0.2) is 4.79 Å². The first-order valence-corrected chi connectivity index (χ1v) is 4.67. The van der Waals surface area contributed by atoms with E-state index in [-0.39, 0.29) is 18.6 Å².